The summed E-state index contributed by atoms with van der Waals surface area (Å²) in [5.74, 6) is 1.95. The highest BCUT2D eigenvalue weighted by molar-refractivity contribution is 5.80. The minimum absolute atomic E-state index is 0.685. The third kappa shape index (κ3) is 3.47. The van der Waals surface area contributed by atoms with Gasteiger partial charge in [-0.05, 0) is 43.2 Å². The number of nitrogens with zero attached hydrogens (tertiary/aromatic N) is 2. The zero-order chi connectivity index (χ0) is 17.8. The summed E-state index contributed by atoms with van der Waals surface area (Å²) in [5.41, 5.74) is 4.56. The molecule has 1 heterocycles. The van der Waals surface area contributed by atoms with Gasteiger partial charge in [0, 0.05) is 12.1 Å². The van der Waals surface area contributed by atoms with E-state index in [0.29, 0.717) is 6.61 Å². The zero-order valence-electron chi connectivity index (χ0n) is 14.9. The molecule has 0 aliphatic carbocycles. The summed E-state index contributed by atoms with van der Waals surface area (Å²) in [5, 5.41) is 0. The number of aromatic nitrogens is 2. The third-order valence-electron chi connectivity index (χ3n) is 4.47. The van der Waals surface area contributed by atoms with Gasteiger partial charge in [0.25, 0.3) is 0 Å². The maximum absolute atomic E-state index is 5.91. The molecule has 0 bridgehead atoms. The van der Waals surface area contributed by atoms with Crippen LogP contribution in [0.3, 0.4) is 0 Å². The molecule has 0 unspecified atom stereocenters. The molecular weight excluding hydrogens is 320 g/mol. The second kappa shape index (κ2) is 7.44. The summed E-state index contributed by atoms with van der Waals surface area (Å²) >= 11 is 0. The Balaban J connectivity index is 1.53. The number of para-hydroxylation sites is 2. The largest absolute Gasteiger partial charge is 0.494 e. The van der Waals surface area contributed by atoms with Crippen molar-refractivity contribution in [2.24, 2.45) is 0 Å². The van der Waals surface area contributed by atoms with Crippen LogP contribution in [0.5, 0.6) is 5.75 Å². The molecule has 130 valence electrons. The first-order valence-corrected chi connectivity index (χ1v) is 9.01. The molecule has 4 rings (SSSR count). The highest BCUT2D eigenvalue weighted by Crippen LogP contribution is 2.25. The SMILES string of the molecule is Cc1cccc(OCCCn2c(-c3ccccc3)nc3ccccc32)c1. The van der Waals surface area contributed by atoms with Crippen LogP contribution in [0, 0.1) is 6.92 Å². The summed E-state index contributed by atoms with van der Waals surface area (Å²) in [6.45, 7) is 3.64. The monoisotopic (exact) mass is 342 g/mol. The van der Waals surface area contributed by atoms with Gasteiger partial charge in [0.15, 0.2) is 0 Å². The predicted molar refractivity (Wildman–Crippen MR) is 106 cm³/mol. The Kier molecular flexibility index (Phi) is 4.69. The highest BCUT2D eigenvalue weighted by atomic mass is 16.5. The molecule has 0 saturated heterocycles. The lowest BCUT2D eigenvalue weighted by molar-refractivity contribution is 0.302. The van der Waals surface area contributed by atoms with Crippen molar-refractivity contribution >= 4 is 11.0 Å². The van der Waals surface area contributed by atoms with Crippen molar-refractivity contribution in [1.82, 2.24) is 9.55 Å². The van der Waals surface area contributed by atoms with Crippen LogP contribution in [0.15, 0.2) is 78.9 Å². The molecule has 26 heavy (non-hydrogen) atoms. The van der Waals surface area contributed by atoms with E-state index in [1.807, 2.05) is 24.3 Å². The number of ether oxygens (including phenoxy) is 1. The van der Waals surface area contributed by atoms with Gasteiger partial charge in [-0.1, -0.05) is 54.6 Å². The van der Waals surface area contributed by atoms with E-state index in [1.54, 1.807) is 0 Å². The quantitative estimate of drug-likeness (QED) is 0.434. The minimum Gasteiger partial charge on any atom is -0.494 e. The minimum atomic E-state index is 0.685. The zero-order valence-corrected chi connectivity index (χ0v) is 14.9. The van der Waals surface area contributed by atoms with Crippen LogP contribution in [0.4, 0.5) is 0 Å². The molecule has 0 radical (unpaired) electrons. The van der Waals surface area contributed by atoms with E-state index in [0.717, 1.165) is 35.6 Å². The molecule has 0 spiro atoms. The fraction of sp³-hybridized carbons (Fsp3) is 0.174. The van der Waals surface area contributed by atoms with Gasteiger partial charge in [-0.2, -0.15) is 0 Å². The molecule has 0 N–H and O–H groups in total. The van der Waals surface area contributed by atoms with E-state index in [9.17, 15) is 0 Å². The maximum Gasteiger partial charge on any atom is 0.141 e. The molecule has 3 heteroatoms. The standard InChI is InChI=1S/C23H22N2O/c1-18-9-7-12-20(17-18)26-16-8-15-25-22-14-6-5-13-21(22)24-23(25)19-10-3-2-4-11-19/h2-7,9-14,17H,8,15-16H2,1H3. The Hall–Kier alpha value is -3.07. The lowest BCUT2D eigenvalue weighted by Crippen LogP contribution is -2.06. The number of fused-ring (bicyclic) bond motifs is 1. The Morgan fingerprint density at radius 2 is 1.69 bits per heavy atom. The number of rotatable bonds is 6. The topological polar surface area (TPSA) is 27.1 Å². The molecule has 1 aromatic heterocycles. The number of hydrogen-bond acceptors (Lipinski definition) is 2. The second-order valence-electron chi connectivity index (χ2n) is 6.46. The van der Waals surface area contributed by atoms with Gasteiger partial charge in [-0.3, -0.25) is 0 Å². The molecule has 3 aromatic carbocycles. The second-order valence-corrected chi connectivity index (χ2v) is 6.46. The normalized spacial score (nSPS) is 11.0. The Morgan fingerprint density at radius 3 is 2.54 bits per heavy atom. The Morgan fingerprint density at radius 1 is 0.885 bits per heavy atom. The highest BCUT2D eigenvalue weighted by Gasteiger charge is 2.11. The van der Waals surface area contributed by atoms with Gasteiger partial charge in [0.2, 0.25) is 0 Å². The van der Waals surface area contributed by atoms with Crippen LogP contribution in [0.1, 0.15) is 12.0 Å². The smallest absolute Gasteiger partial charge is 0.141 e. The summed E-state index contributed by atoms with van der Waals surface area (Å²) in [7, 11) is 0. The first-order chi connectivity index (χ1) is 12.8. The average Bonchev–Trinajstić information content (AvgIpc) is 3.05. The predicted octanol–water partition coefficient (Wildman–Crippen LogP) is 5.48. The van der Waals surface area contributed by atoms with Crippen LogP contribution < -0.4 is 4.74 Å². The van der Waals surface area contributed by atoms with Gasteiger partial charge in [-0.25, -0.2) is 4.98 Å². The molecule has 3 nitrogen and oxygen atoms in total. The van der Waals surface area contributed by atoms with Crippen LogP contribution in [-0.4, -0.2) is 16.2 Å². The summed E-state index contributed by atoms with van der Waals surface area (Å²) in [6.07, 6.45) is 0.925. The molecule has 0 atom stereocenters. The van der Waals surface area contributed by atoms with E-state index < -0.39 is 0 Å². The first kappa shape index (κ1) is 16.4. The third-order valence-corrected chi connectivity index (χ3v) is 4.47. The van der Waals surface area contributed by atoms with Gasteiger partial charge in [0.1, 0.15) is 11.6 Å². The van der Waals surface area contributed by atoms with Crippen LogP contribution >= 0.6 is 0 Å². The fourth-order valence-corrected chi connectivity index (χ4v) is 3.23. The van der Waals surface area contributed by atoms with E-state index in [-0.39, 0.29) is 0 Å². The van der Waals surface area contributed by atoms with Crippen molar-refractivity contribution in [1.29, 1.82) is 0 Å². The number of imidazole rings is 1. The number of benzene rings is 3. The maximum atomic E-state index is 5.91. The van der Waals surface area contributed by atoms with Crippen molar-refractivity contribution in [3.05, 3.63) is 84.4 Å². The lowest BCUT2D eigenvalue weighted by Gasteiger charge is -2.11. The van der Waals surface area contributed by atoms with E-state index in [1.165, 1.54) is 11.1 Å². The first-order valence-electron chi connectivity index (χ1n) is 9.01. The molecule has 0 aliphatic heterocycles. The van der Waals surface area contributed by atoms with E-state index in [2.05, 4.69) is 66.1 Å². The van der Waals surface area contributed by atoms with Gasteiger partial charge in [0.05, 0.1) is 17.6 Å². The molecule has 0 fully saturated rings. The Bertz CT molecular complexity index is 1010. The summed E-state index contributed by atoms with van der Waals surface area (Å²) in [6, 6.07) is 26.9. The van der Waals surface area contributed by atoms with E-state index in [4.69, 9.17) is 9.72 Å². The fourth-order valence-electron chi connectivity index (χ4n) is 3.23. The molecule has 0 saturated carbocycles. The van der Waals surface area contributed by atoms with Crippen LogP contribution in [0.25, 0.3) is 22.4 Å². The van der Waals surface area contributed by atoms with Gasteiger partial charge < -0.3 is 9.30 Å². The number of hydrogen-bond donors (Lipinski definition) is 0. The van der Waals surface area contributed by atoms with Crippen molar-refractivity contribution in [3.63, 3.8) is 0 Å². The number of aryl methyl sites for hydroxylation is 2. The summed E-state index contributed by atoms with van der Waals surface area (Å²) in [4.78, 5) is 4.85. The van der Waals surface area contributed by atoms with Gasteiger partial charge in [-0.15, -0.1) is 0 Å². The summed E-state index contributed by atoms with van der Waals surface area (Å²) < 4.78 is 8.20. The van der Waals surface area contributed by atoms with E-state index >= 15 is 0 Å². The van der Waals surface area contributed by atoms with Crippen molar-refractivity contribution in [2.75, 3.05) is 6.61 Å². The molecule has 0 amide bonds. The molecule has 0 aliphatic rings. The van der Waals surface area contributed by atoms with Crippen molar-refractivity contribution < 1.29 is 4.74 Å². The average molecular weight is 342 g/mol. The lowest BCUT2D eigenvalue weighted by atomic mass is 10.2. The van der Waals surface area contributed by atoms with Crippen molar-refractivity contribution in [3.8, 4) is 17.1 Å². The van der Waals surface area contributed by atoms with Crippen LogP contribution in [0.2, 0.25) is 0 Å². The Labute approximate surface area is 153 Å². The van der Waals surface area contributed by atoms with Crippen molar-refractivity contribution in [2.45, 2.75) is 19.9 Å². The van der Waals surface area contributed by atoms with Crippen LogP contribution in [-0.2, 0) is 6.54 Å². The van der Waals surface area contributed by atoms with Gasteiger partial charge >= 0.3 is 0 Å². The molecular formula is C23H22N2O. The molecule has 4 aromatic rings.